The third-order valence-electron chi connectivity index (χ3n) is 2.21. The lowest BCUT2D eigenvalue weighted by atomic mass is 10.1. The van der Waals surface area contributed by atoms with Crippen molar-refractivity contribution in [3.05, 3.63) is 29.8 Å². The Kier molecular flexibility index (Phi) is 4.59. The van der Waals surface area contributed by atoms with E-state index in [4.69, 9.17) is 15.6 Å². The second kappa shape index (κ2) is 5.73. The van der Waals surface area contributed by atoms with Crippen LogP contribution in [0.3, 0.4) is 0 Å². The molecule has 3 N–H and O–H groups in total. The maximum absolute atomic E-state index is 9.05. The van der Waals surface area contributed by atoms with Crippen LogP contribution in [0.1, 0.15) is 31.9 Å². The van der Waals surface area contributed by atoms with E-state index in [-0.39, 0.29) is 12.1 Å². The van der Waals surface area contributed by atoms with E-state index in [9.17, 15) is 0 Å². The molecule has 0 aliphatic rings. The van der Waals surface area contributed by atoms with Gasteiger partial charge in [-0.2, -0.15) is 0 Å². The van der Waals surface area contributed by atoms with Crippen molar-refractivity contribution in [3.63, 3.8) is 0 Å². The summed E-state index contributed by atoms with van der Waals surface area (Å²) in [5, 5.41) is 9.05. The minimum Gasteiger partial charge on any atom is -0.493 e. The summed E-state index contributed by atoms with van der Waals surface area (Å²) in [6.45, 7) is 4.24. The van der Waals surface area contributed by atoms with Gasteiger partial charge >= 0.3 is 0 Å². The van der Waals surface area contributed by atoms with Crippen molar-refractivity contribution in [2.24, 2.45) is 5.73 Å². The standard InChI is InChI=1S/C12H19NO2/c1-9(14)7-8-15-12-5-3-11(4-6-12)10(2)13/h3-6,9-10,14H,7-8,13H2,1-2H3/t9?,10-/m0/s1. The molecule has 0 aliphatic carbocycles. The van der Waals surface area contributed by atoms with Gasteiger partial charge in [0.1, 0.15) is 5.75 Å². The summed E-state index contributed by atoms with van der Waals surface area (Å²) in [6.07, 6.45) is 0.336. The molecule has 0 saturated heterocycles. The first-order valence-electron chi connectivity index (χ1n) is 5.26. The molecule has 0 aromatic heterocycles. The van der Waals surface area contributed by atoms with Crippen LogP contribution in [0.2, 0.25) is 0 Å². The molecule has 3 nitrogen and oxygen atoms in total. The van der Waals surface area contributed by atoms with Crippen LogP contribution in [-0.4, -0.2) is 17.8 Å². The average Bonchev–Trinajstić information content (AvgIpc) is 2.18. The number of hydrogen-bond acceptors (Lipinski definition) is 3. The second-order valence-corrected chi connectivity index (χ2v) is 3.84. The zero-order valence-electron chi connectivity index (χ0n) is 9.31. The van der Waals surface area contributed by atoms with Crippen molar-refractivity contribution in [1.29, 1.82) is 0 Å². The lowest BCUT2D eigenvalue weighted by Crippen LogP contribution is -2.08. The smallest absolute Gasteiger partial charge is 0.119 e. The molecule has 0 spiro atoms. The van der Waals surface area contributed by atoms with E-state index in [0.29, 0.717) is 13.0 Å². The minimum absolute atomic E-state index is 0.0523. The molecule has 0 bridgehead atoms. The van der Waals surface area contributed by atoms with E-state index in [0.717, 1.165) is 11.3 Å². The van der Waals surface area contributed by atoms with Crippen LogP contribution in [0, 0.1) is 0 Å². The normalized spacial score (nSPS) is 14.7. The van der Waals surface area contributed by atoms with Gasteiger partial charge in [-0.25, -0.2) is 0 Å². The number of hydrogen-bond donors (Lipinski definition) is 2. The molecular formula is C12H19NO2. The summed E-state index contributed by atoms with van der Waals surface area (Å²) in [5.74, 6) is 0.819. The highest BCUT2D eigenvalue weighted by atomic mass is 16.5. The average molecular weight is 209 g/mol. The van der Waals surface area contributed by atoms with Crippen molar-refractivity contribution in [3.8, 4) is 5.75 Å². The number of ether oxygens (including phenoxy) is 1. The predicted octanol–water partition coefficient (Wildman–Crippen LogP) is 1.86. The molecule has 1 aromatic rings. The second-order valence-electron chi connectivity index (χ2n) is 3.84. The number of aliphatic hydroxyl groups excluding tert-OH is 1. The van der Waals surface area contributed by atoms with Gasteiger partial charge in [0.2, 0.25) is 0 Å². The molecule has 15 heavy (non-hydrogen) atoms. The molecule has 0 saturated carbocycles. The van der Waals surface area contributed by atoms with Crippen LogP contribution in [0.15, 0.2) is 24.3 Å². The Morgan fingerprint density at radius 1 is 1.27 bits per heavy atom. The maximum Gasteiger partial charge on any atom is 0.119 e. The van der Waals surface area contributed by atoms with Crippen molar-refractivity contribution in [1.82, 2.24) is 0 Å². The highest BCUT2D eigenvalue weighted by Crippen LogP contribution is 2.16. The molecule has 1 unspecified atom stereocenters. The fourth-order valence-corrected chi connectivity index (χ4v) is 1.21. The Bertz CT molecular complexity index is 280. The Hall–Kier alpha value is -1.06. The molecular weight excluding hydrogens is 190 g/mol. The van der Waals surface area contributed by atoms with Gasteiger partial charge < -0.3 is 15.6 Å². The molecule has 84 valence electrons. The quantitative estimate of drug-likeness (QED) is 0.778. The van der Waals surface area contributed by atoms with Gasteiger partial charge in [0.15, 0.2) is 0 Å². The van der Waals surface area contributed by atoms with E-state index in [1.165, 1.54) is 0 Å². The van der Waals surface area contributed by atoms with Gasteiger partial charge in [-0.15, -0.1) is 0 Å². The molecule has 0 aliphatic heterocycles. The van der Waals surface area contributed by atoms with Crippen LogP contribution >= 0.6 is 0 Å². The molecule has 0 amide bonds. The summed E-state index contributed by atoms with van der Waals surface area (Å²) in [7, 11) is 0. The highest BCUT2D eigenvalue weighted by molar-refractivity contribution is 5.28. The Morgan fingerprint density at radius 2 is 1.87 bits per heavy atom. The van der Waals surface area contributed by atoms with E-state index < -0.39 is 0 Å². The van der Waals surface area contributed by atoms with Gasteiger partial charge in [0.25, 0.3) is 0 Å². The van der Waals surface area contributed by atoms with Gasteiger partial charge in [-0.05, 0) is 31.5 Å². The number of aliphatic hydroxyl groups is 1. The summed E-state index contributed by atoms with van der Waals surface area (Å²) in [5.41, 5.74) is 6.83. The van der Waals surface area contributed by atoms with Crippen LogP contribution in [0.4, 0.5) is 0 Å². The first kappa shape index (κ1) is 12.0. The van der Waals surface area contributed by atoms with Gasteiger partial charge in [-0.3, -0.25) is 0 Å². The Labute approximate surface area is 90.9 Å². The number of rotatable bonds is 5. The van der Waals surface area contributed by atoms with E-state index in [1.54, 1.807) is 6.92 Å². The third kappa shape index (κ3) is 4.32. The summed E-state index contributed by atoms with van der Waals surface area (Å²) >= 11 is 0. The zero-order chi connectivity index (χ0) is 11.3. The van der Waals surface area contributed by atoms with Crippen LogP contribution in [0.5, 0.6) is 5.75 Å². The summed E-state index contributed by atoms with van der Waals surface area (Å²) in [4.78, 5) is 0. The Balaban J connectivity index is 2.43. The van der Waals surface area contributed by atoms with Gasteiger partial charge in [0.05, 0.1) is 12.7 Å². The van der Waals surface area contributed by atoms with Gasteiger partial charge in [0, 0.05) is 12.5 Å². The van der Waals surface area contributed by atoms with E-state index in [1.807, 2.05) is 31.2 Å². The topological polar surface area (TPSA) is 55.5 Å². The van der Waals surface area contributed by atoms with Gasteiger partial charge in [-0.1, -0.05) is 12.1 Å². The number of benzene rings is 1. The fraction of sp³-hybridized carbons (Fsp3) is 0.500. The molecule has 0 fully saturated rings. The van der Waals surface area contributed by atoms with Crippen molar-refractivity contribution in [2.45, 2.75) is 32.4 Å². The molecule has 0 heterocycles. The van der Waals surface area contributed by atoms with Crippen LogP contribution < -0.4 is 10.5 Å². The van der Waals surface area contributed by atoms with Crippen molar-refractivity contribution in [2.75, 3.05) is 6.61 Å². The first-order chi connectivity index (χ1) is 7.09. The monoisotopic (exact) mass is 209 g/mol. The molecule has 3 heteroatoms. The highest BCUT2D eigenvalue weighted by Gasteiger charge is 2.00. The van der Waals surface area contributed by atoms with Crippen LogP contribution in [0.25, 0.3) is 0 Å². The van der Waals surface area contributed by atoms with Crippen molar-refractivity contribution < 1.29 is 9.84 Å². The number of nitrogens with two attached hydrogens (primary N) is 1. The molecule has 2 atom stereocenters. The largest absolute Gasteiger partial charge is 0.493 e. The third-order valence-corrected chi connectivity index (χ3v) is 2.21. The lowest BCUT2D eigenvalue weighted by molar-refractivity contribution is 0.155. The van der Waals surface area contributed by atoms with E-state index >= 15 is 0 Å². The first-order valence-corrected chi connectivity index (χ1v) is 5.26. The minimum atomic E-state index is -0.312. The molecule has 1 rings (SSSR count). The van der Waals surface area contributed by atoms with Crippen LogP contribution in [-0.2, 0) is 0 Å². The van der Waals surface area contributed by atoms with Crippen molar-refractivity contribution >= 4 is 0 Å². The molecule has 1 aromatic carbocycles. The summed E-state index contributed by atoms with van der Waals surface area (Å²) in [6, 6.07) is 7.78. The predicted molar refractivity (Wildman–Crippen MR) is 60.8 cm³/mol. The Morgan fingerprint density at radius 3 is 2.33 bits per heavy atom. The SMILES string of the molecule is CC(O)CCOc1ccc([C@H](C)N)cc1. The van der Waals surface area contributed by atoms with E-state index in [2.05, 4.69) is 0 Å². The maximum atomic E-state index is 9.05. The fourth-order valence-electron chi connectivity index (χ4n) is 1.21. The lowest BCUT2D eigenvalue weighted by Gasteiger charge is -2.09. The molecule has 0 radical (unpaired) electrons. The zero-order valence-corrected chi connectivity index (χ0v) is 9.31. The summed E-state index contributed by atoms with van der Waals surface area (Å²) < 4.78 is 5.45.